The molecule has 0 atom stereocenters. The van der Waals surface area contributed by atoms with E-state index >= 15 is 0 Å². The first-order chi connectivity index (χ1) is 7.45. The smallest absolute Gasteiger partial charge is 0.387 e. The molecule has 0 saturated heterocycles. The third-order valence-electron chi connectivity index (χ3n) is 1.60. The second-order valence-electron chi connectivity index (χ2n) is 2.60. The molecule has 1 rings (SSSR count). The van der Waals surface area contributed by atoms with Crippen molar-refractivity contribution in [2.45, 2.75) is 6.61 Å². The number of alkyl halides is 2. The molecule has 0 amide bonds. The molecule has 0 unspecified atom stereocenters. The zero-order chi connectivity index (χ0) is 12.3. The molecule has 0 heterocycles. The van der Waals surface area contributed by atoms with E-state index in [-0.39, 0.29) is 6.29 Å². The van der Waals surface area contributed by atoms with Gasteiger partial charge in [0.1, 0.15) is 10.8 Å². The van der Waals surface area contributed by atoms with Crippen molar-refractivity contribution in [3.05, 3.63) is 32.8 Å². The van der Waals surface area contributed by atoms with Crippen molar-refractivity contribution in [2.24, 2.45) is 0 Å². The van der Waals surface area contributed by atoms with Crippen molar-refractivity contribution >= 4 is 23.6 Å². The maximum Gasteiger partial charge on any atom is 0.387 e. The fourth-order valence-corrected chi connectivity index (χ4v) is 1.33. The SMILES string of the molecule is O=Cc1cc(OC(F)F)cc(Cl)c1[N+](=O)[O-]. The maximum absolute atomic E-state index is 11.9. The minimum absolute atomic E-state index is 0.141. The summed E-state index contributed by atoms with van der Waals surface area (Å²) in [6.07, 6.45) is 0.141. The van der Waals surface area contributed by atoms with Crippen molar-refractivity contribution in [3.63, 3.8) is 0 Å². The zero-order valence-corrected chi connectivity index (χ0v) is 8.28. The highest BCUT2D eigenvalue weighted by molar-refractivity contribution is 6.33. The lowest BCUT2D eigenvalue weighted by atomic mass is 10.2. The molecule has 0 fully saturated rings. The number of hydrogen-bond acceptors (Lipinski definition) is 4. The van der Waals surface area contributed by atoms with E-state index in [0.29, 0.717) is 0 Å². The molecule has 0 aliphatic carbocycles. The Hall–Kier alpha value is -1.76. The minimum atomic E-state index is -3.10. The van der Waals surface area contributed by atoms with Crippen molar-refractivity contribution in [1.82, 2.24) is 0 Å². The highest BCUT2D eigenvalue weighted by Crippen LogP contribution is 2.32. The summed E-state index contributed by atoms with van der Waals surface area (Å²) in [6.45, 7) is -3.10. The first-order valence-electron chi connectivity index (χ1n) is 3.83. The first-order valence-corrected chi connectivity index (χ1v) is 4.21. The highest BCUT2D eigenvalue weighted by Gasteiger charge is 2.21. The summed E-state index contributed by atoms with van der Waals surface area (Å²) >= 11 is 5.47. The van der Waals surface area contributed by atoms with Gasteiger partial charge in [0.25, 0.3) is 5.69 Å². The van der Waals surface area contributed by atoms with Crippen molar-refractivity contribution in [2.75, 3.05) is 0 Å². The molecule has 1 aromatic carbocycles. The lowest BCUT2D eigenvalue weighted by Gasteiger charge is -2.06. The summed E-state index contributed by atoms with van der Waals surface area (Å²) < 4.78 is 27.7. The van der Waals surface area contributed by atoms with Gasteiger partial charge in [-0.25, -0.2) is 0 Å². The number of carbonyl (C=O) groups excluding carboxylic acids is 1. The van der Waals surface area contributed by atoms with E-state index in [4.69, 9.17) is 11.6 Å². The third-order valence-corrected chi connectivity index (χ3v) is 1.89. The molecule has 5 nitrogen and oxygen atoms in total. The maximum atomic E-state index is 11.9. The number of halogens is 3. The molecule has 0 aliphatic rings. The fraction of sp³-hybridized carbons (Fsp3) is 0.125. The van der Waals surface area contributed by atoms with Crippen molar-refractivity contribution in [1.29, 1.82) is 0 Å². The number of carbonyl (C=O) groups is 1. The van der Waals surface area contributed by atoms with Gasteiger partial charge in [0.2, 0.25) is 0 Å². The fourth-order valence-electron chi connectivity index (χ4n) is 1.05. The number of rotatable bonds is 4. The van der Waals surface area contributed by atoms with Crippen LogP contribution in [-0.4, -0.2) is 17.8 Å². The van der Waals surface area contributed by atoms with E-state index in [0.717, 1.165) is 12.1 Å². The van der Waals surface area contributed by atoms with E-state index in [1.54, 1.807) is 0 Å². The lowest BCUT2D eigenvalue weighted by Crippen LogP contribution is -2.03. The van der Waals surface area contributed by atoms with Gasteiger partial charge in [0.05, 0.1) is 10.5 Å². The van der Waals surface area contributed by atoms with Crippen LogP contribution >= 0.6 is 11.6 Å². The number of nitro benzene ring substituents is 1. The van der Waals surface area contributed by atoms with Gasteiger partial charge in [0.15, 0.2) is 6.29 Å². The molecule has 0 radical (unpaired) electrons. The monoisotopic (exact) mass is 251 g/mol. The molecule has 86 valence electrons. The summed E-state index contributed by atoms with van der Waals surface area (Å²) in [4.78, 5) is 20.1. The summed E-state index contributed by atoms with van der Waals surface area (Å²) in [6, 6.07) is 1.67. The largest absolute Gasteiger partial charge is 0.435 e. The molecular weight excluding hydrogens is 248 g/mol. The highest BCUT2D eigenvalue weighted by atomic mass is 35.5. The number of nitrogens with zero attached hydrogens (tertiary/aromatic N) is 1. The van der Waals surface area contributed by atoms with Crippen LogP contribution in [-0.2, 0) is 0 Å². The summed E-state index contributed by atoms with van der Waals surface area (Å²) in [5.74, 6) is -0.410. The van der Waals surface area contributed by atoms with Gasteiger partial charge in [-0.2, -0.15) is 8.78 Å². The van der Waals surface area contributed by atoms with Crippen molar-refractivity contribution < 1.29 is 23.2 Å². The quantitative estimate of drug-likeness (QED) is 0.469. The predicted molar refractivity (Wildman–Crippen MR) is 50.1 cm³/mol. The average Bonchev–Trinajstić information content (AvgIpc) is 2.14. The van der Waals surface area contributed by atoms with Crippen LogP contribution in [0.15, 0.2) is 12.1 Å². The molecule has 0 bridgehead atoms. The van der Waals surface area contributed by atoms with Crippen LogP contribution in [0.5, 0.6) is 5.75 Å². The van der Waals surface area contributed by atoms with Crippen molar-refractivity contribution in [3.8, 4) is 5.75 Å². The van der Waals surface area contributed by atoms with Gasteiger partial charge < -0.3 is 4.74 Å². The molecule has 0 spiro atoms. The Kier molecular flexibility index (Phi) is 3.73. The molecule has 1 aromatic rings. The van der Waals surface area contributed by atoms with Gasteiger partial charge >= 0.3 is 6.61 Å². The molecule has 0 aliphatic heterocycles. The van der Waals surface area contributed by atoms with E-state index in [1.165, 1.54) is 0 Å². The lowest BCUT2D eigenvalue weighted by molar-refractivity contribution is -0.384. The molecule has 0 saturated carbocycles. The zero-order valence-electron chi connectivity index (χ0n) is 7.52. The van der Waals surface area contributed by atoms with Crippen LogP contribution in [0.25, 0.3) is 0 Å². The Labute approximate surface area is 92.7 Å². The average molecular weight is 252 g/mol. The minimum Gasteiger partial charge on any atom is -0.435 e. The predicted octanol–water partition coefficient (Wildman–Crippen LogP) is 2.66. The third kappa shape index (κ3) is 2.63. The first kappa shape index (κ1) is 12.3. The van der Waals surface area contributed by atoms with Gasteiger partial charge in [0, 0.05) is 6.07 Å². The normalized spacial score (nSPS) is 10.2. The van der Waals surface area contributed by atoms with Crippen LogP contribution in [0.4, 0.5) is 14.5 Å². The number of benzene rings is 1. The Balaban J connectivity index is 3.26. The standard InChI is InChI=1S/C8H4ClF2NO4/c9-6-2-5(16-8(10)11)1-4(3-13)7(6)12(14)15/h1-3,8H. The Morgan fingerprint density at radius 3 is 2.56 bits per heavy atom. The van der Waals surface area contributed by atoms with Gasteiger partial charge in [-0.05, 0) is 6.07 Å². The van der Waals surface area contributed by atoms with E-state index in [2.05, 4.69) is 4.74 Å². The second-order valence-corrected chi connectivity index (χ2v) is 3.00. The number of ether oxygens (including phenoxy) is 1. The van der Waals surface area contributed by atoms with Gasteiger partial charge in [-0.3, -0.25) is 14.9 Å². The summed E-state index contributed by atoms with van der Waals surface area (Å²) in [7, 11) is 0. The molecule has 16 heavy (non-hydrogen) atoms. The Morgan fingerprint density at radius 2 is 2.12 bits per heavy atom. The van der Waals surface area contributed by atoms with E-state index < -0.39 is 33.6 Å². The molecule has 0 aromatic heterocycles. The Bertz CT molecular complexity index is 438. The van der Waals surface area contributed by atoms with Crippen LogP contribution in [0.2, 0.25) is 5.02 Å². The molecule has 0 N–H and O–H groups in total. The van der Waals surface area contributed by atoms with Gasteiger partial charge in [-0.15, -0.1) is 0 Å². The van der Waals surface area contributed by atoms with Crippen LogP contribution in [0, 0.1) is 10.1 Å². The van der Waals surface area contributed by atoms with Crippen LogP contribution in [0.1, 0.15) is 10.4 Å². The Morgan fingerprint density at radius 1 is 1.50 bits per heavy atom. The molecule has 8 heteroatoms. The number of aldehydes is 1. The summed E-state index contributed by atoms with van der Waals surface area (Å²) in [5, 5.41) is 10.1. The topological polar surface area (TPSA) is 69.4 Å². The second kappa shape index (κ2) is 4.84. The van der Waals surface area contributed by atoms with Gasteiger partial charge in [-0.1, -0.05) is 11.6 Å². The number of hydrogen-bond donors (Lipinski definition) is 0. The summed E-state index contributed by atoms with van der Waals surface area (Å²) in [5.41, 5.74) is -1.06. The van der Waals surface area contributed by atoms with E-state index in [9.17, 15) is 23.7 Å². The molecular formula is C8H4ClF2NO4. The van der Waals surface area contributed by atoms with Crippen LogP contribution < -0.4 is 4.74 Å². The van der Waals surface area contributed by atoms with Crippen LogP contribution in [0.3, 0.4) is 0 Å². The van der Waals surface area contributed by atoms with E-state index in [1.807, 2.05) is 0 Å². The number of nitro groups is 1.